The van der Waals surface area contributed by atoms with Crippen molar-refractivity contribution < 1.29 is 24.2 Å². The molecule has 7 nitrogen and oxygen atoms in total. The molecule has 20 heavy (non-hydrogen) atoms. The van der Waals surface area contributed by atoms with Gasteiger partial charge in [-0.05, 0) is 40.0 Å². The van der Waals surface area contributed by atoms with Crippen LogP contribution in [0.2, 0.25) is 0 Å². The summed E-state index contributed by atoms with van der Waals surface area (Å²) in [7, 11) is 0. The molecule has 1 aliphatic rings. The number of carboxylic acid groups (broad SMARTS) is 1. The van der Waals surface area contributed by atoms with Gasteiger partial charge in [0.15, 0.2) is 0 Å². The minimum atomic E-state index is -1.02. The third-order valence-electron chi connectivity index (χ3n) is 2.92. The van der Waals surface area contributed by atoms with Gasteiger partial charge < -0.3 is 25.6 Å². The van der Waals surface area contributed by atoms with Gasteiger partial charge in [0.25, 0.3) is 0 Å². The minimum absolute atomic E-state index is 0.0518. The number of aliphatic carboxylic acids is 1. The molecule has 0 unspecified atom stereocenters. The highest BCUT2D eigenvalue weighted by Gasteiger charge is 2.32. The van der Waals surface area contributed by atoms with E-state index in [1.165, 1.54) is 0 Å². The van der Waals surface area contributed by atoms with Gasteiger partial charge in [-0.25, -0.2) is 4.79 Å². The second kappa shape index (κ2) is 6.90. The molecule has 116 valence electrons. The van der Waals surface area contributed by atoms with Crippen LogP contribution in [0.5, 0.6) is 0 Å². The molecule has 4 N–H and O–H groups in total. The van der Waals surface area contributed by atoms with Crippen LogP contribution in [0.25, 0.3) is 0 Å². The fourth-order valence-electron chi connectivity index (χ4n) is 1.78. The third kappa shape index (κ3) is 6.21. The van der Waals surface area contributed by atoms with Gasteiger partial charge >= 0.3 is 12.1 Å². The van der Waals surface area contributed by atoms with Crippen LogP contribution >= 0.6 is 0 Å². The zero-order valence-electron chi connectivity index (χ0n) is 12.2. The van der Waals surface area contributed by atoms with E-state index in [0.717, 1.165) is 0 Å². The van der Waals surface area contributed by atoms with E-state index in [1.807, 2.05) is 20.8 Å². The van der Waals surface area contributed by atoms with E-state index in [2.05, 4.69) is 5.32 Å². The average molecular weight is 288 g/mol. The van der Waals surface area contributed by atoms with Crippen molar-refractivity contribution in [2.45, 2.75) is 63.8 Å². The number of amides is 1. The van der Waals surface area contributed by atoms with Gasteiger partial charge in [0, 0.05) is 12.6 Å². The highest BCUT2D eigenvalue weighted by atomic mass is 16.6. The molecule has 0 aromatic carbocycles. The smallest absolute Gasteiger partial charge is 0.407 e. The van der Waals surface area contributed by atoms with Gasteiger partial charge in [-0.1, -0.05) is 0 Å². The van der Waals surface area contributed by atoms with Crippen molar-refractivity contribution >= 4 is 12.1 Å². The number of carboxylic acids is 1. The van der Waals surface area contributed by atoms with Crippen LogP contribution in [0, 0.1) is 0 Å². The Bertz CT molecular complexity index is 347. The van der Waals surface area contributed by atoms with E-state index in [-0.39, 0.29) is 18.6 Å². The van der Waals surface area contributed by atoms with Crippen molar-refractivity contribution in [3.8, 4) is 0 Å². The number of alkyl carbamates (subject to hydrolysis) is 1. The molecule has 7 heteroatoms. The molecule has 0 aromatic heterocycles. The normalized spacial score (nSPS) is 23.6. The van der Waals surface area contributed by atoms with Gasteiger partial charge in [0.05, 0.1) is 6.10 Å². The van der Waals surface area contributed by atoms with Crippen molar-refractivity contribution in [3.05, 3.63) is 0 Å². The highest BCUT2D eigenvalue weighted by molar-refractivity contribution is 5.72. The van der Waals surface area contributed by atoms with Crippen LogP contribution in [0.1, 0.15) is 40.0 Å². The summed E-state index contributed by atoms with van der Waals surface area (Å²) in [5, 5.41) is 11.4. The second-order valence-electron chi connectivity index (χ2n) is 6.04. The molecule has 1 saturated carbocycles. The summed E-state index contributed by atoms with van der Waals surface area (Å²) in [5.74, 6) is -1.02. The maximum Gasteiger partial charge on any atom is 0.407 e. The molecule has 0 aromatic rings. The number of carbonyl (C=O) groups excluding carboxylic acids is 1. The van der Waals surface area contributed by atoms with E-state index in [4.69, 9.17) is 20.3 Å². The van der Waals surface area contributed by atoms with Crippen LogP contribution in [0.4, 0.5) is 4.79 Å². The molecule has 0 saturated heterocycles. The van der Waals surface area contributed by atoms with Crippen LogP contribution in [-0.2, 0) is 14.3 Å². The summed E-state index contributed by atoms with van der Waals surface area (Å²) in [6.07, 6.45) is 1.34. The molecule has 1 amide bonds. The molecule has 1 aliphatic carbocycles. The highest BCUT2D eigenvalue weighted by Crippen LogP contribution is 2.24. The molecule has 1 fully saturated rings. The number of rotatable bonds is 6. The number of hydrogen-bond donors (Lipinski definition) is 3. The molecule has 0 aliphatic heterocycles. The molecule has 0 radical (unpaired) electrons. The van der Waals surface area contributed by atoms with Gasteiger partial charge in [0.1, 0.15) is 11.6 Å². The molecule has 1 rings (SSSR count). The summed E-state index contributed by atoms with van der Waals surface area (Å²) in [4.78, 5) is 22.0. The SMILES string of the molecule is CC(C)(C)OC(=O)NC1CC(OCC[C@H](N)C(=O)O)C1. The molecule has 0 spiro atoms. The Morgan fingerprint density at radius 2 is 2.00 bits per heavy atom. The molecule has 0 bridgehead atoms. The molecular weight excluding hydrogens is 264 g/mol. The zero-order valence-corrected chi connectivity index (χ0v) is 12.2. The quantitative estimate of drug-likeness (QED) is 0.668. The lowest BCUT2D eigenvalue weighted by atomic mass is 9.89. The lowest BCUT2D eigenvalue weighted by molar-refractivity contribution is -0.139. The van der Waals surface area contributed by atoms with Crippen LogP contribution < -0.4 is 11.1 Å². The van der Waals surface area contributed by atoms with E-state index in [1.54, 1.807) is 0 Å². The topological polar surface area (TPSA) is 111 Å². The maximum atomic E-state index is 11.5. The number of ether oxygens (including phenoxy) is 2. The fraction of sp³-hybridized carbons (Fsp3) is 0.846. The zero-order chi connectivity index (χ0) is 15.3. The number of carbonyl (C=O) groups is 2. The summed E-state index contributed by atoms with van der Waals surface area (Å²) in [6.45, 7) is 5.75. The summed E-state index contributed by atoms with van der Waals surface area (Å²) in [6, 6.07) is -0.825. The van der Waals surface area contributed by atoms with Crippen molar-refractivity contribution in [3.63, 3.8) is 0 Å². The monoisotopic (exact) mass is 288 g/mol. The molecular formula is C13H24N2O5. The summed E-state index contributed by atoms with van der Waals surface area (Å²) in [5.41, 5.74) is 4.86. The molecule has 0 heterocycles. The Morgan fingerprint density at radius 3 is 2.50 bits per heavy atom. The first-order chi connectivity index (χ1) is 9.17. The fourth-order valence-corrected chi connectivity index (χ4v) is 1.78. The summed E-state index contributed by atoms with van der Waals surface area (Å²) < 4.78 is 10.6. The predicted octanol–water partition coefficient (Wildman–Crippen LogP) is 0.861. The Hall–Kier alpha value is -1.34. The van der Waals surface area contributed by atoms with E-state index in [9.17, 15) is 9.59 Å². The van der Waals surface area contributed by atoms with Gasteiger partial charge in [-0.15, -0.1) is 0 Å². The van der Waals surface area contributed by atoms with Crippen molar-refractivity contribution in [1.29, 1.82) is 0 Å². The van der Waals surface area contributed by atoms with Crippen LogP contribution in [-0.4, -0.2) is 47.6 Å². The van der Waals surface area contributed by atoms with Crippen LogP contribution in [0.3, 0.4) is 0 Å². The standard InChI is InChI=1S/C13H24N2O5/c1-13(2,3)20-12(18)15-8-6-9(7-8)19-5-4-10(14)11(16)17/h8-10H,4-7,14H2,1-3H3,(H,15,18)(H,16,17)/t8?,9?,10-/m0/s1. The average Bonchev–Trinajstić information content (AvgIpc) is 2.22. The first-order valence-corrected chi connectivity index (χ1v) is 6.77. The largest absolute Gasteiger partial charge is 0.480 e. The van der Waals surface area contributed by atoms with E-state index < -0.39 is 23.7 Å². The summed E-state index contributed by atoms with van der Waals surface area (Å²) >= 11 is 0. The van der Waals surface area contributed by atoms with Crippen molar-refractivity contribution in [2.24, 2.45) is 5.73 Å². The lowest BCUT2D eigenvalue weighted by Gasteiger charge is -2.36. The number of nitrogens with two attached hydrogens (primary N) is 1. The maximum absolute atomic E-state index is 11.5. The Morgan fingerprint density at radius 1 is 1.40 bits per heavy atom. The number of hydrogen-bond acceptors (Lipinski definition) is 5. The Kier molecular flexibility index (Phi) is 5.76. The van der Waals surface area contributed by atoms with E-state index in [0.29, 0.717) is 19.4 Å². The van der Waals surface area contributed by atoms with Crippen molar-refractivity contribution in [2.75, 3.05) is 6.61 Å². The van der Waals surface area contributed by atoms with Gasteiger partial charge in [-0.3, -0.25) is 4.79 Å². The predicted molar refractivity (Wildman–Crippen MR) is 72.4 cm³/mol. The lowest BCUT2D eigenvalue weighted by Crippen LogP contribution is -2.49. The minimum Gasteiger partial charge on any atom is -0.480 e. The number of nitrogens with one attached hydrogen (secondary N) is 1. The third-order valence-corrected chi connectivity index (χ3v) is 2.92. The van der Waals surface area contributed by atoms with Crippen LogP contribution in [0.15, 0.2) is 0 Å². The Labute approximate surface area is 118 Å². The van der Waals surface area contributed by atoms with Gasteiger partial charge in [0.2, 0.25) is 0 Å². The molecule has 1 atom stereocenters. The first kappa shape index (κ1) is 16.7. The first-order valence-electron chi connectivity index (χ1n) is 6.77. The second-order valence-corrected chi connectivity index (χ2v) is 6.04. The van der Waals surface area contributed by atoms with Crippen molar-refractivity contribution in [1.82, 2.24) is 5.32 Å². The Balaban J connectivity index is 2.08. The van der Waals surface area contributed by atoms with E-state index >= 15 is 0 Å². The van der Waals surface area contributed by atoms with Gasteiger partial charge in [-0.2, -0.15) is 0 Å².